The lowest BCUT2D eigenvalue weighted by Crippen LogP contribution is -2.17. The van der Waals surface area contributed by atoms with Crippen molar-refractivity contribution in [1.29, 1.82) is 0 Å². The molecule has 5 aromatic carbocycles. The van der Waals surface area contributed by atoms with Gasteiger partial charge in [-0.15, -0.1) is 0 Å². The molecule has 0 radical (unpaired) electrons. The van der Waals surface area contributed by atoms with Crippen LogP contribution in [0.5, 0.6) is 0 Å². The molecular formula is C39H28N2. The van der Waals surface area contributed by atoms with E-state index < -0.39 is 0 Å². The molecule has 194 valence electrons. The summed E-state index contributed by atoms with van der Waals surface area (Å²) in [5, 5.41) is 2.64. The average Bonchev–Trinajstić information content (AvgIpc) is 3.62. The van der Waals surface area contributed by atoms with Crippen molar-refractivity contribution < 1.29 is 0 Å². The predicted octanol–water partition coefficient (Wildman–Crippen LogP) is 9.65. The molecule has 0 saturated carbocycles. The Morgan fingerprint density at radius 1 is 0.659 bits per heavy atom. The van der Waals surface area contributed by atoms with Gasteiger partial charge in [0.2, 0.25) is 0 Å². The monoisotopic (exact) mass is 524 g/mol. The van der Waals surface area contributed by atoms with Crippen LogP contribution in [-0.2, 0) is 5.41 Å². The maximum absolute atomic E-state index is 4.92. The molecule has 41 heavy (non-hydrogen) atoms. The van der Waals surface area contributed by atoms with Crippen LogP contribution in [0.4, 0.5) is 0 Å². The van der Waals surface area contributed by atoms with Gasteiger partial charge in [0.1, 0.15) is 5.82 Å². The minimum absolute atomic E-state index is 0.147. The van der Waals surface area contributed by atoms with Crippen LogP contribution in [0, 0.1) is 0 Å². The van der Waals surface area contributed by atoms with E-state index in [0.717, 1.165) is 5.82 Å². The summed E-state index contributed by atoms with van der Waals surface area (Å²) >= 11 is 0. The van der Waals surface area contributed by atoms with Gasteiger partial charge in [-0.3, -0.25) is 4.57 Å². The van der Waals surface area contributed by atoms with Crippen molar-refractivity contribution in [3.63, 3.8) is 0 Å². The molecule has 2 aliphatic carbocycles. The zero-order valence-corrected chi connectivity index (χ0v) is 23.1. The van der Waals surface area contributed by atoms with Gasteiger partial charge in [-0.25, -0.2) is 4.98 Å². The van der Waals surface area contributed by atoms with Crippen molar-refractivity contribution in [2.75, 3.05) is 0 Å². The first-order chi connectivity index (χ1) is 20.2. The Hall–Kier alpha value is -4.95. The number of nitrogens with zero attached hydrogens (tertiary/aromatic N) is 2. The molecular weight excluding hydrogens is 496 g/mol. The standard InChI is InChI=1S/C39H28N2/c1-39(2)29-20-10-8-18-27(29)34-33-26-17-7-6-16-25(26)32(24-14-4-3-5-15-24)36(33)35-28-19-9-11-21-30(28)41(38(35)37(34)39)31-22-12-13-23-40-31/h3-23,32H,1-2H3. The van der Waals surface area contributed by atoms with Crippen molar-refractivity contribution in [2.45, 2.75) is 25.2 Å². The molecule has 0 bridgehead atoms. The number of aromatic nitrogens is 2. The Morgan fingerprint density at radius 2 is 1.37 bits per heavy atom. The zero-order valence-electron chi connectivity index (χ0n) is 23.1. The topological polar surface area (TPSA) is 17.8 Å². The lowest BCUT2D eigenvalue weighted by Gasteiger charge is -2.25. The van der Waals surface area contributed by atoms with Crippen molar-refractivity contribution in [2.24, 2.45) is 0 Å². The van der Waals surface area contributed by atoms with Crippen LogP contribution in [0.25, 0.3) is 49.9 Å². The highest BCUT2D eigenvalue weighted by atomic mass is 15.1. The molecule has 2 heterocycles. The molecule has 0 aliphatic heterocycles. The van der Waals surface area contributed by atoms with E-state index in [9.17, 15) is 0 Å². The average molecular weight is 525 g/mol. The van der Waals surface area contributed by atoms with Gasteiger partial charge in [-0.1, -0.05) is 117 Å². The first kappa shape index (κ1) is 22.8. The van der Waals surface area contributed by atoms with Gasteiger partial charge in [0.15, 0.2) is 0 Å². The summed E-state index contributed by atoms with van der Waals surface area (Å²) in [6.07, 6.45) is 1.91. The number of rotatable bonds is 2. The first-order valence-electron chi connectivity index (χ1n) is 14.5. The van der Waals surface area contributed by atoms with Crippen molar-refractivity contribution in [3.8, 4) is 28.1 Å². The molecule has 7 aromatic rings. The third kappa shape index (κ3) is 2.84. The van der Waals surface area contributed by atoms with E-state index in [2.05, 4.69) is 134 Å². The highest BCUT2D eigenvalue weighted by Gasteiger charge is 2.45. The van der Waals surface area contributed by atoms with E-state index in [0.29, 0.717) is 0 Å². The summed E-state index contributed by atoms with van der Waals surface area (Å²) in [5.41, 5.74) is 14.7. The molecule has 9 rings (SSSR count). The lowest BCUT2D eigenvalue weighted by molar-refractivity contribution is 0.663. The molecule has 0 spiro atoms. The maximum Gasteiger partial charge on any atom is 0.137 e. The number of para-hydroxylation sites is 1. The summed E-state index contributed by atoms with van der Waals surface area (Å²) in [7, 11) is 0. The van der Waals surface area contributed by atoms with E-state index in [4.69, 9.17) is 4.98 Å². The van der Waals surface area contributed by atoms with E-state index in [1.807, 2.05) is 12.3 Å². The second kappa shape index (κ2) is 8.05. The van der Waals surface area contributed by atoms with Crippen LogP contribution < -0.4 is 0 Å². The second-order valence-electron chi connectivity index (χ2n) is 11.9. The van der Waals surface area contributed by atoms with E-state index in [1.165, 1.54) is 71.9 Å². The molecule has 2 heteroatoms. The summed E-state index contributed by atoms with van der Waals surface area (Å²) < 4.78 is 2.43. The van der Waals surface area contributed by atoms with Gasteiger partial charge >= 0.3 is 0 Å². The number of pyridine rings is 1. The highest BCUT2D eigenvalue weighted by Crippen LogP contribution is 2.62. The molecule has 2 aliphatic rings. The fraction of sp³-hybridized carbons (Fsp3) is 0.103. The molecule has 0 fully saturated rings. The largest absolute Gasteiger partial charge is 0.293 e. The Balaban J connectivity index is 1.60. The molecule has 1 unspecified atom stereocenters. The molecule has 2 nitrogen and oxygen atoms in total. The quantitative estimate of drug-likeness (QED) is 0.220. The second-order valence-corrected chi connectivity index (χ2v) is 11.9. The minimum Gasteiger partial charge on any atom is -0.293 e. The number of hydrogen-bond donors (Lipinski definition) is 0. The molecule has 2 aromatic heterocycles. The smallest absolute Gasteiger partial charge is 0.137 e. The maximum atomic E-state index is 4.92. The predicted molar refractivity (Wildman–Crippen MR) is 169 cm³/mol. The zero-order chi connectivity index (χ0) is 27.3. The van der Waals surface area contributed by atoms with Crippen LogP contribution in [0.15, 0.2) is 128 Å². The van der Waals surface area contributed by atoms with Crippen LogP contribution in [-0.4, -0.2) is 9.55 Å². The first-order valence-corrected chi connectivity index (χ1v) is 14.5. The highest BCUT2D eigenvalue weighted by molar-refractivity contribution is 6.19. The van der Waals surface area contributed by atoms with Crippen LogP contribution in [0.2, 0.25) is 0 Å². The molecule has 1 atom stereocenters. The van der Waals surface area contributed by atoms with Gasteiger partial charge < -0.3 is 0 Å². The van der Waals surface area contributed by atoms with Crippen molar-refractivity contribution >= 4 is 21.8 Å². The Bertz CT molecular complexity index is 2170. The van der Waals surface area contributed by atoms with Crippen molar-refractivity contribution in [1.82, 2.24) is 9.55 Å². The van der Waals surface area contributed by atoms with Crippen LogP contribution in [0.3, 0.4) is 0 Å². The Kier molecular flexibility index (Phi) is 4.48. The third-order valence-corrected chi connectivity index (χ3v) is 9.49. The number of hydrogen-bond acceptors (Lipinski definition) is 1. The lowest BCUT2D eigenvalue weighted by atomic mass is 9.79. The summed E-state index contributed by atoms with van der Waals surface area (Å²) in [4.78, 5) is 4.92. The summed E-state index contributed by atoms with van der Waals surface area (Å²) in [6, 6.07) is 44.4. The van der Waals surface area contributed by atoms with Gasteiger partial charge in [0, 0.05) is 28.3 Å². The molecule has 0 amide bonds. The van der Waals surface area contributed by atoms with E-state index in [1.54, 1.807) is 0 Å². The Morgan fingerprint density at radius 3 is 2.20 bits per heavy atom. The third-order valence-electron chi connectivity index (χ3n) is 9.49. The van der Waals surface area contributed by atoms with Crippen LogP contribution in [0.1, 0.15) is 47.6 Å². The van der Waals surface area contributed by atoms with Crippen LogP contribution >= 0.6 is 0 Å². The molecule has 0 saturated heterocycles. The van der Waals surface area contributed by atoms with Gasteiger partial charge in [-0.2, -0.15) is 0 Å². The number of benzene rings is 5. The van der Waals surface area contributed by atoms with E-state index >= 15 is 0 Å². The van der Waals surface area contributed by atoms with Gasteiger partial charge in [0.25, 0.3) is 0 Å². The summed E-state index contributed by atoms with van der Waals surface area (Å²) in [5.74, 6) is 1.11. The van der Waals surface area contributed by atoms with E-state index in [-0.39, 0.29) is 11.3 Å². The fourth-order valence-corrected chi connectivity index (χ4v) is 7.93. The van der Waals surface area contributed by atoms with Gasteiger partial charge in [0.05, 0.1) is 11.0 Å². The summed E-state index contributed by atoms with van der Waals surface area (Å²) in [6.45, 7) is 4.80. The van der Waals surface area contributed by atoms with Gasteiger partial charge in [-0.05, 0) is 68.3 Å². The normalized spacial score (nSPS) is 16.0. The fourth-order valence-electron chi connectivity index (χ4n) is 7.93. The SMILES string of the molecule is CC1(C)c2ccccc2-c2c3c(c4c5ccccc5n(-c5ccccn5)c4c21)C(c1ccccc1)c1ccccc1-3. The number of fused-ring (bicyclic) bond motifs is 12. The minimum atomic E-state index is -0.181. The Labute approximate surface area is 239 Å². The van der Waals surface area contributed by atoms with Crippen molar-refractivity contribution in [3.05, 3.63) is 155 Å². The molecule has 0 N–H and O–H groups in total.